The average molecular weight is 386 g/mol. The van der Waals surface area contributed by atoms with Crippen molar-refractivity contribution in [2.75, 3.05) is 6.54 Å². The smallest absolute Gasteiger partial charge is 0.407 e. The van der Waals surface area contributed by atoms with Crippen molar-refractivity contribution in [1.29, 1.82) is 0 Å². The fourth-order valence-corrected chi connectivity index (χ4v) is 3.73. The number of hydrogen-bond acceptors (Lipinski definition) is 5. The number of thiophene rings is 1. The summed E-state index contributed by atoms with van der Waals surface area (Å²) in [6, 6.07) is 8.28. The van der Waals surface area contributed by atoms with Crippen molar-refractivity contribution in [3.05, 3.63) is 57.8 Å². The van der Waals surface area contributed by atoms with Crippen LogP contribution in [0.5, 0.6) is 0 Å². The molecule has 0 saturated carbocycles. The number of benzene rings is 1. The highest BCUT2D eigenvalue weighted by Crippen LogP contribution is 2.34. The van der Waals surface area contributed by atoms with Gasteiger partial charge in [-0.25, -0.2) is 4.79 Å². The second-order valence-electron chi connectivity index (χ2n) is 7.32. The summed E-state index contributed by atoms with van der Waals surface area (Å²) >= 11 is 1.50. The lowest BCUT2D eigenvalue weighted by molar-refractivity contribution is 0.0517. The molecule has 0 saturated heterocycles. The zero-order valence-electron chi connectivity index (χ0n) is 15.5. The zero-order chi connectivity index (χ0) is 19.6. The number of nitrogens with zero attached hydrogens (tertiary/aromatic N) is 1. The maximum atomic E-state index is 12.8. The molecule has 3 amide bonds. The minimum Gasteiger partial charge on any atom is -0.444 e. The Kier molecular flexibility index (Phi) is 5.32. The number of imide groups is 1. The van der Waals surface area contributed by atoms with Gasteiger partial charge in [-0.05, 0) is 61.7 Å². The van der Waals surface area contributed by atoms with Crippen molar-refractivity contribution in [3.63, 3.8) is 0 Å². The fourth-order valence-electron chi connectivity index (χ4n) is 3.03. The summed E-state index contributed by atoms with van der Waals surface area (Å²) in [5, 5.41) is 6.52. The van der Waals surface area contributed by atoms with Gasteiger partial charge in [-0.3, -0.25) is 14.5 Å². The minimum absolute atomic E-state index is 0.281. The molecule has 0 aliphatic carbocycles. The number of carbonyl (C=O) groups is 3. The largest absolute Gasteiger partial charge is 0.444 e. The van der Waals surface area contributed by atoms with Crippen LogP contribution < -0.4 is 5.32 Å². The molecule has 2 heterocycles. The average Bonchev–Trinajstić information content (AvgIpc) is 3.20. The van der Waals surface area contributed by atoms with E-state index in [1.807, 2.05) is 16.8 Å². The number of amides is 3. The molecule has 1 aliphatic heterocycles. The van der Waals surface area contributed by atoms with Crippen LogP contribution in [0, 0.1) is 0 Å². The topological polar surface area (TPSA) is 75.7 Å². The molecule has 27 heavy (non-hydrogen) atoms. The van der Waals surface area contributed by atoms with Gasteiger partial charge in [0.25, 0.3) is 11.8 Å². The number of nitrogens with one attached hydrogen (secondary N) is 1. The molecule has 2 aromatic rings. The van der Waals surface area contributed by atoms with Gasteiger partial charge in [-0.1, -0.05) is 12.1 Å². The van der Waals surface area contributed by atoms with Crippen molar-refractivity contribution in [3.8, 4) is 0 Å². The van der Waals surface area contributed by atoms with E-state index >= 15 is 0 Å². The van der Waals surface area contributed by atoms with E-state index in [1.54, 1.807) is 45.0 Å². The third-order valence-electron chi connectivity index (χ3n) is 4.15. The number of alkyl carbamates (subject to hydrolysis) is 1. The number of fused-ring (bicyclic) bond motifs is 1. The van der Waals surface area contributed by atoms with Crippen LogP contribution in [0.15, 0.2) is 41.1 Å². The Morgan fingerprint density at radius 1 is 1.15 bits per heavy atom. The van der Waals surface area contributed by atoms with Gasteiger partial charge < -0.3 is 10.1 Å². The van der Waals surface area contributed by atoms with Gasteiger partial charge in [-0.15, -0.1) is 0 Å². The molecule has 0 radical (unpaired) electrons. The van der Waals surface area contributed by atoms with E-state index in [0.29, 0.717) is 17.5 Å². The quantitative estimate of drug-likeness (QED) is 0.788. The van der Waals surface area contributed by atoms with Gasteiger partial charge in [0.2, 0.25) is 0 Å². The molecule has 142 valence electrons. The lowest BCUT2D eigenvalue weighted by atomic mass is 10.1. The van der Waals surface area contributed by atoms with Crippen molar-refractivity contribution in [2.24, 2.45) is 0 Å². The molecule has 3 rings (SSSR count). The van der Waals surface area contributed by atoms with E-state index in [9.17, 15) is 14.4 Å². The maximum absolute atomic E-state index is 12.8. The van der Waals surface area contributed by atoms with E-state index in [1.165, 1.54) is 16.2 Å². The number of carbonyl (C=O) groups excluding carboxylic acids is 3. The second kappa shape index (κ2) is 7.52. The minimum atomic E-state index is -0.584. The molecule has 1 N–H and O–H groups in total. The van der Waals surface area contributed by atoms with E-state index in [4.69, 9.17) is 4.74 Å². The van der Waals surface area contributed by atoms with Crippen LogP contribution in [0.1, 0.15) is 59.5 Å². The molecule has 0 fully saturated rings. The SMILES string of the molecule is CC(C)(C)OC(=O)NCC[C@H](c1ccsc1)N1C(=O)c2ccccc2C1=O. The summed E-state index contributed by atoms with van der Waals surface area (Å²) < 4.78 is 5.23. The highest BCUT2D eigenvalue weighted by Gasteiger charge is 2.40. The van der Waals surface area contributed by atoms with Crippen LogP contribution in [0.2, 0.25) is 0 Å². The lowest BCUT2D eigenvalue weighted by Crippen LogP contribution is -2.37. The summed E-state index contributed by atoms with van der Waals surface area (Å²) in [5.74, 6) is -0.604. The molecule has 7 heteroatoms. The second-order valence-corrected chi connectivity index (χ2v) is 8.10. The normalized spacial score (nSPS) is 14.9. The van der Waals surface area contributed by atoms with E-state index < -0.39 is 17.7 Å². The van der Waals surface area contributed by atoms with Gasteiger partial charge >= 0.3 is 6.09 Å². The first-order chi connectivity index (χ1) is 12.8. The fraction of sp³-hybridized carbons (Fsp3) is 0.350. The maximum Gasteiger partial charge on any atom is 0.407 e. The van der Waals surface area contributed by atoms with Gasteiger partial charge in [0.15, 0.2) is 0 Å². The Labute approximate surface area is 162 Å². The van der Waals surface area contributed by atoms with Gasteiger partial charge in [0, 0.05) is 6.54 Å². The molecular formula is C20H22N2O4S. The first-order valence-corrected chi connectivity index (χ1v) is 9.68. The number of rotatable bonds is 5. The number of ether oxygens (including phenoxy) is 1. The summed E-state index contributed by atoms with van der Waals surface area (Å²) in [6.45, 7) is 5.65. The molecule has 1 atom stereocenters. The van der Waals surface area contributed by atoms with Crippen molar-refractivity contribution in [2.45, 2.75) is 38.8 Å². The predicted octanol–water partition coefficient (Wildman–Crippen LogP) is 4.00. The zero-order valence-corrected chi connectivity index (χ0v) is 16.3. The van der Waals surface area contributed by atoms with E-state index in [0.717, 1.165) is 5.56 Å². The van der Waals surface area contributed by atoms with Crippen LogP contribution in [0.25, 0.3) is 0 Å². The molecule has 1 aliphatic rings. The van der Waals surface area contributed by atoms with Gasteiger partial charge in [0.1, 0.15) is 5.60 Å². The molecular weight excluding hydrogens is 364 g/mol. The Morgan fingerprint density at radius 2 is 1.78 bits per heavy atom. The van der Waals surface area contributed by atoms with Gasteiger partial charge in [0.05, 0.1) is 17.2 Å². The van der Waals surface area contributed by atoms with Crippen molar-refractivity contribution >= 4 is 29.2 Å². The Morgan fingerprint density at radius 3 is 2.30 bits per heavy atom. The Hall–Kier alpha value is -2.67. The molecule has 0 bridgehead atoms. The van der Waals surface area contributed by atoms with Crippen LogP contribution in [0.4, 0.5) is 4.79 Å². The van der Waals surface area contributed by atoms with Crippen LogP contribution in [0.3, 0.4) is 0 Å². The first-order valence-electron chi connectivity index (χ1n) is 8.74. The molecule has 1 aromatic carbocycles. The third-order valence-corrected chi connectivity index (χ3v) is 4.85. The lowest BCUT2D eigenvalue weighted by Gasteiger charge is -2.26. The molecule has 1 aromatic heterocycles. The highest BCUT2D eigenvalue weighted by molar-refractivity contribution is 7.08. The monoisotopic (exact) mass is 386 g/mol. The van der Waals surface area contributed by atoms with E-state index in [2.05, 4.69) is 5.32 Å². The van der Waals surface area contributed by atoms with Crippen LogP contribution in [-0.2, 0) is 4.74 Å². The predicted molar refractivity (Wildman–Crippen MR) is 103 cm³/mol. The summed E-state index contributed by atoms with van der Waals surface area (Å²) in [7, 11) is 0. The Balaban J connectivity index is 1.75. The van der Waals surface area contributed by atoms with Crippen LogP contribution >= 0.6 is 11.3 Å². The van der Waals surface area contributed by atoms with Gasteiger partial charge in [-0.2, -0.15) is 11.3 Å². The molecule has 6 nitrogen and oxygen atoms in total. The Bertz CT molecular complexity index is 820. The van der Waals surface area contributed by atoms with Crippen LogP contribution in [-0.4, -0.2) is 35.0 Å². The first kappa shape index (κ1) is 19.1. The highest BCUT2D eigenvalue weighted by atomic mass is 32.1. The summed E-state index contributed by atoms with van der Waals surface area (Å²) in [5.41, 5.74) is 1.13. The summed E-state index contributed by atoms with van der Waals surface area (Å²) in [6.07, 6.45) is -0.115. The summed E-state index contributed by atoms with van der Waals surface area (Å²) in [4.78, 5) is 38.8. The molecule has 0 spiro atoms. The van der Waals surface area contributed by atoms with Crippen molar-refractivity contribution in [1.82, 2.24) is 10.2 Å². The van der Waals surface area contributed by atoms with Crippen molar-refractivity contribution < 1.29 is 19.1 Å². The van der Waals surface area contributed by atoms with E-state index in [-0.39, 0.29) is 18.4 Å². The number of hydrogen-bond donors (Lipinski definition) is 1. The third kappa shape index (κ3) is 4.19. The molecule has 0 unspecified atom stereocenters. The standard InChI is InChI=1S/C20H22N2O4S/c1-20(2,3)26-19(25)21-10-8-16(13-9-11-27-12-13)22-17(23)14-6-4-5-7-15(14)18(22)24/h4-7,9,11-12,16H,8,10H2,1-3H3,(H,21,25)/t16-/m1/s1.